The summed E-state index contributed by atoms with van der Waals surface area (Å²) in [6.07, 6.45) is 1.85. The Kier molecular flexibility index (Phi) is 1.95. The third kappa shape index (κ3) is 1.29. The Hall–Kier alpha value is -1.10. The molecule has 3 amide bonds. The molecule has 0 aromatic heterocycles. The molecule has 5 heteroatoms. The standard InChI is InChI=1S/C8H13N3O2/c1-10-5-7(12)11(8(10)13)6-3-2-4-9-6/h6,9H,2-5H2,1H3. The third-order valence-electron chi connectivity index (χ3n) is 2.52. The van der Waals surface area contributed by atoms with Crippen molar-refractivity contribution in [2.45, 2.75) is 19.0 Å². The molecule has 2 fully saturated rings. The Bertz CT molecular complexity index is 248. The van der Waals surface area contributed by atoms with E-state index in [4.69, 9.17) is 0 Å². The van der Waals surface area contributed by atoms with E-state index in [9.17, 15) is 9.59 Å². The van der Waals surface area contributed by atoms with Crippen LogP contribution in [0.4, 0.5) is 4.79 Å². The van der Waals surface area contributed by atoms with E-state index < -0.39 is 0 Å². The van der Waals surface area contributed by atoms with Gasteiger partial charge in [0.05, 0.1) is 6.17 Å². The van der Waals surface area contributed by atoms with Gasteiger partial charge in [0, 0.05) is 7.05 Å². The van der Waals surface area contributed by atoms with Crippen molar-refractivity contribution in [2.75, 3.05) is 20.1 Å². The minimum atomic E-state index is -0.176. The van der Waals surface area contributed by atoms with Gasteiger partial charge in [-0.2, -0.15) is 0 Å². The number of urea groups is 1. The van der Waals surface area contributed by atoms with Crippen LogP contribution in [0, 0.1) is 0 Å². The highest BCUT2D eigenvalue weighted by molar-refractivity contribution is 6.02. The van der Waals surface area contributed by atoms with E-state index in [1.807, 2.05) is 0 Å². The SMILES string of the molecule is CN1CC(=O)N(C2CCCN2)C1=O. The molecule has 2 heterocycles. The van der Waals surface area contributed by atoms with Gasteiger partial charge >= 0.3 is 6.03 Å². The molecule has 0 aromatic rings. The number of hydrogen-bond donors (Lipinski definition) is 1. The molecule has 5 nitrogen and oxygen atoms in total. The molecule has 1 N–H and O–H groups in total. The van der Waals surface area contributed by atoms with E-state index in [1.54, 1.807) is 7.05 Å². The summed E-state index contributed by atoms with van der Waals surface area (Å²) in [5.74, 6) is -0.0908. The highest BCUT2D eigenvalue weighted by Gasteiger charge is 2.39. The average molecular weight is 183 g/mol. The van der Waals surface area contributed by atoms with Crippen LogP contribution in [0.25, 0.3) is 0 Å². The summed E-state index contributed by atoms with van der Waals surface area (Å²) in [5, 5.41) is 3.14. The Balaban J connectivity index is 2.13. The lowest BCUT2D eigenvalue weighted by Crippen LogP contribution is -2.45. The predicted molar refractivity (Wildman–Crippen MR) is 45.9 cm³/mol. The zero-order valence-corrected chi connectivity index (χ0v) is 7.62. The van der Waals surface area contributed by atoms with Crippen LogP contribution in [0.3, 0.4) is 0 Å². The predicted octanol–water partition coefficient (Wildman–Crippen LogP) is -0.410. The number of nitrogens with one attached hydrogen (secondary N) is 1. The summed E-state index contributed by atoms with van der Waals surface area (Å²) in [7, 11) is 1.65. The molecule has 0 aliphatic carbocycles. The van der Waals surface area contributed by atoms with Crippen molar-refractivity contribution in [3.05, 3.63) is 0 Å². The van der Waals surface area contributed by atoms with E-state index in [0.29, 0.717) is 0 Å². The van der Waals surface area contributed by atoms with Crippen LogP contribution >= 0.6 is 0 Å². The molecule has 2 saturated heterocycles. The smallest absolute Gasteiger partial charge is 0.318 e. The molecular formula is C8H13N3O2. The normalized spacial score (nSPS) is 29.2. The topological polar surface area (TPSA) is 52.7 Å². The second kappa shape index (κ2) is 2.99. The Morgan fingerprint density at radius 3 is 2.69 bits per heavy atom. The number of imide groups is 1. The Labute approximate surface area is 76.7 Å². The van der Waals surface area contributed by atoms with E-state index in [-0.39, 0.29) is 24.6 Å². The van der Waals surface area contributed by atoms with Gasteiger partial charge in [0.25, 0.3) is 5.91 Å². The van der Waals surface area contributed by atoms with Gasteiger partial charge in [-0.15, -0.1) is 0 Å². The fraction of sp³-hybridized carbons (Fsp3) is 0.750. The fourth-order valence-electron chi connectivity index (χ4n) is 1.83. The second-order valence-electron chi connectivity index (χ2n) is 3.51. The van der Waals surface area contributed by atoms with E-state index in [2.05, 4.69) is 5.32 Å². The van der Waals surface area contributed by atoms with Crippen molar-refractivity contribution < 1.29 is 9.59 Å². The van der Waals surface area contributed by atoms with Crippen molar-refractivity contribution in [3.8, 4) is 0 Å². The summed E-state index contributed by atoms with van der Waals surface area (Å²) in [4.78, 5) is 25.7. The van der Waals surface area contributed by atoms with Gasteiger partial charge < -0.3 is 4.90 Å². The number of likely N-dealkylation sites (N-methyl/N-ethyl adjacent to an activating group) is 1. The molecule has 0 radical (unpaired) electrons. The molecule has 1 unspecified atom stereocenters. The number of carbonyl (C=O) groups is 2. The van der Waals surface area contributed by atoms with E-state index in [1.165, 1.54) is 9.80 Å². The first-order chi connectivity index (χ1) is 6.20. The fourth-order valence-corrected chi connectivity index (χ4v) is 1.83. The van der Waals surface area contributed by atoms with Gasteiger partial charge in [0.2, 0.25) is 0 Å². The van der Waals surface area contributed by atoms with Crippen LogP contribution < -0.4 is 5.32 Å². The lowest BCUT2D eigenvalue weighted by molar-refractivity contribution is -0.127. The first-order valence-corrected chi connectivity index (χ1v) is 4.50. The maximum absolute atomic E-state index is 11.5. The molecule has 1 atom stereocenters. The van der Waals surface area contributed by atoms with Crippen molar-refractivity contribution in [3.63, 3.8) is 0 Å². The van der Waals surface area contributed by atoms with Crippen LogP contribution in [-0.2, 0) is 4.79 Å². The molecule has 2 rings (SSSR count). The minimum Gasteiger partial charge on any atom is -0.318 e. The molecule has 2 aliphatic heterocycles. The maximum atomic E-state index is 11.5. The van der Waals surface area contributed by atoms with Crippen LogP contribution in [0.15, 0.2) is 0 Å². The minimum absolute atomic E-state index is 0.0649. The molecular weight excluding hydrogens is 170 g/mol. The molecule has 0 saturated carbocycles. The van der Waals surface area contributed by atoms with Crippen LogP contribution in [0.2, 0.25) is 0 Å². The van der Waals surface area contributed by atoms with Crippen molar-refractivity contribution in [2.24, 2.45) is 0 Å². The third-order valence-corrected chi connectivity index (χ3v) is 2.52. The molecule has 0 aromatic carbocycles. The Morgan fingerprint density at radius 2 is 2.23 bits per heavy atom. The lowest BCUT2D eigenvalue weighted by atomic mass is 10.3. The van der Waals surface area contributed by atoms with Crippen molar-refractivity contribution >= 4 is 11.9 Å². The highest BCUT2D eigenvalue weighted by Crippen LogP contribution is 2.17. The first kappa shape index (κ1) is 8.50. The van der Waals surface area contributed by atoms with Gasteiger partial charge in [-0.25, -0.2) is 9.69 Å². The zero-order chi connectivity index (χ0) is 9.42. The van der Waals surface area contributed by atoms with Crippen molar-refractivity contribution in [1.82, 2.24) is 15.1 Å². The molecule has 0 spiro atoms. The zero-order valence-electron chi connectivity index (χ0n) is 7.62. The van der Waals surface area contributed by atoms with Gasteiger partial charge in [0.1, 0.15) is 6.54 Å². The summed E-state index contributed by atoms with van der Waals surface area (Å²) in [5.41, 5.74) is 0. The summed E-state index contributed by atoms with van der Waals surface area (Å²) in [6.45, 7) is 1.11. The second-order valence-corrected chi connectivity index (χ2v) is 3.51. The van der Waals surface area contributed by atoms with Crippen LogP contribution in [0.1, 0.15) is 12.8 Å². The molecule has 0 bridgehead atoms. The quantitative estimate of drug-likeness (QED) is 0.562. The monoisotopic (exact) mass is 183 g/mol. The number of nitrogens with zero attached hydrogens (tertiary/aromatic N) is 2. The van der Waals surface area contributed by atoms with Gasteiger partial charge in [-0.1, -0.05) is 0 Å². The molecule has 72 valence electrons. The number of carbonyl (C=O) groups excluding carboxylic acids is 2. The summed E-state index contributed by atoms with van der Waals surface area (Å²) < 4.78 is 0. The van der Waals surface area contributed by atoms with Gasteiger partial charge in [-0.3, -0.25) is 10.1 Å². The van der Waals surface area contributed by atoms with Crippen molar-refractivity contribution in [1.29, 1.82) is 0 Å². The maximum Gasteiger partial charge on any atom is 0.328 e. The number of rotatable bonds is 1. The average Bonchev–Trinajstić information content (AvgIpc) is 2.63. The molecule has 2 aliphatic rings. The number of hydrogen-bond acceptors (Lipinski definition) is 3. The lowest BCUT2D eigenvalue weighted by Gasteiger charge is -2.21. The summed E-state index contributed by atoms with van der Waals surface area (Å²) in [6, 6.07) is -0.176. The number of amides is 3. The van der Waals surface area contributed by atoms with Gasteiger partial charge in [0.15, 0.2) is 0 Å². The van der Waals surface area contributed by atoms with Gasteiger partial charge in [-0.05, 0) is 19.4 Å². The first-order valence-electron chi connectivity index (χ1n) is 4.50. The highest BCUT2D eigenvalue weighted by atomic mass is 16.2. The van der Waals surface area contributed by atoms with Crippen LogP contribution in [0.5, 0.6) is 0 Å². The Morgan fingerprint density at radius 1 is 1.46 bits per heavy atom. The van der Waals surface area contributed by atoms with E-state index >= 15 is 0 Å². The van der Waals surface area contributed by atoms with E-state index in [0.717, 1.165) is 19.4 Å². The molecule has 13 heavy (non-hydrogen) atoms. The largest absolute Gasteiger partial charge is 0.328 e. The van der Waals surface area contributed by atoms with Crippen LogP contribution in [-0.4, -0.2) is 48.0 Å². The summed E-state index contributed by atoms with van der Waals surface area (Å²) >= 11 is 0.